The van der Waals surface area contributed by atoms with Crippen molar-refractivity contribution in [1.82, 2.24) is 14.9 Å². The van der Waals surface area contributed by atoms with Crippen molar-refractivity contribution in [1.29, 1.82) is 0 Å². The van der Waals surface area contributed by atoms with Crippen molar-refractivity contribution in [3.63, 3.8) is 0 Å². The van der Waals surface area contributed by atoms with Crippen LogP contribution in [0.15, 0.2) is 34.5 Å². The Bertz CT molecular complexity index is 690. The molecule has 0 spiro atoms. The maximum absolute atomic E-state index is 8.49. The molecule has 0 fully saturated rings. The van der Waals surface area contributed by atoms with Gasteiger partial charge in [-0.05, 0) is 49.1 Å². The van der Waals surface area contributed by atoms with Crippen LogP contribution in [0.5, 0.6) is 0 Å². The van der Waals surface area contributed by atoms with Gasteiger partial charge in [-0.25, -0.2) is 0 Å². The molecular weight excluding hydrogens is 280 g/mol. The Morgan fingerprint density at radius 3 is 2.50 bits per heavy atom. The van der Waals surface area contributed by atoms with E-state index in [9.17, 15) is 0 Å². The zero-order valence-electron chi connectivity index (χ0n) is 12.9. The maximum atomic E-state index is 8.49. The summed E-state index contributed by atoms with van der Waals surface area (Å²) in [5.74, 6) is 0.675. The number of anilines is 1. The molecule has 1 aromatic carbocycles. The van der Waals surface area contributed by atoms with Crippen LogP contribution in [0.3, 0.4) is 0 Å². The molecule has 2 rings (SSSR count). The summed E-state index contributed by atoms with van der Waals surface area (Å²) in [6.07, 6.45) is 1.68. The van der Waals surface area contributed by atoms with Gasteiger partial charge in [-0.2, -0.15) is 9.78 Å². The molecule has 0 atom stereocenters. The summed E-state index contributed by atoms with van der Waals surface area (Å²) in [6.45, 7) is 7.94. The second-order valence-electron chi connectivity index (χ2n) is 4.56. The minimum absolute atomic E-state index is 0.121. The predicted octanol–water partition coefficient (Wildman–Crippen LogP) is 3.26. The Hall–Kier alpha value is -2.86. The van der Waals surface area contributed by atoms with Crippen molar-refractivity contribution in [3.8, 4) is 0 Å². The predicted molar refractivity (Wildman–Crippen MR) is 86.6 cm³/mol. The van der Waals surface area contributed by atoms with Crippen molar-refractivity contribution in [3.05, 3.63) is 46.1 Å². The summed E-state index contributed by atoms with van der Waals surface area (Å²) in [7, 11) is 0. The average molecular weight is 298 g/mol. The maximum Gasteiger partial charge on any atom is 0.241 e. The van der Waals surface area contributed by atoms with Crippen molar-refractivity contribution in [2.24, 2.45) is 10.2 Å². The third-order valence-electron chi connectivity index (χ3n) is 3.26. The summed E-state index contributed by atoms with van der Waals surface area (Å²) >= 11 is 0. The molecule has 0 aliphatic rings. The van der Waals surface area contributed by atoms with E-state index in [0.29, 0.717) is 5.82 Å². The highest BCUT2D eigenvalue weighted by atomic mass is 15.5. The number of hydrogen-bond acceptors (Lipinski definition) is 5. The molecule has 8 heteroatoms. The standard InChI is InChI=1S/C14H18N8/c1-4-21(5-2)13-8-6-12(7-9-13)10-16-22-11(3)17-18-14(22)19-20-15/h6-10H,4-5H2,1-3H3. The Labute approximate surface area is 128 Å². The fourth-order valence-electron chi connectivity index (χ4n) is 2.07. The van der Waals surface area contributed by atoms with Gasteiger partial charge >= 0.3 is 0 Å². The Morgan fingerprint density at radius 1 is 1.23 bits per heavy atom. The van der Waals surface area contributed by atoms with E-state index in [0.717, 1.165) is 18.7 Å². The topological polar surface area (TPSA) is 95.1 Å². The normalized spacial score (nSPS) is 10.7. The zero-order chi connectivity index (χ0) is 15.9. The molecule has 0 saturated heterocycles. The van der Waals surface area contributed by atoms with Crippen LogP contribution in [-0.2, 0) is 0 Å². The van der Waals surface area contributed by atoms with Gasteiger partial charge in [-0.3, -0.25) is 0 Å². The lowest BCUT2D eigenvalue weighted by molar-refractivity contribution is 0.831. The third-order valence-corrected chi connectivity index (χ3v) is 3.26. The van der Waals surface area contributed by atoms with E-state index in [1.807, 2.05) is 12.1 Å². The van der Waals surface area contributed by atoms with Gasteiger partial charge in [-0.1, -0.05) is 12.1 Å². The van der Waals surface area contributed by atoms with Crippen molar-refractivity contribution >= 4 is 17.9 Å². The third kappa shape index (κ3) is 3.42. The van der Waals surface area contributed by atoms with Crippen LogP contribution in [0.1, 0.15) is 25.2 Å². The molecule has 8 nitrogen and oxygen atoms in total. The number of aryl methyl sites for hydroxylation is 1. The highest BCUT2D eigenvalue weighted by molar-refractivity contribution is 5.80. The van der Waals surface area contributed by atoms with Crippen LogP contribution in [-0.4, -0.2) is 34.2 Å². The first kappa shape index (κ1) is 15.5. The van der Waals surface area contributed by atoms with Crippen LogP contribution in [0.25, 0.3) is 10.4 Å². The molecule has 0 radical (unpaired) electrons. The SMILES string of the molecule is CCN(CC)c1ccc(C=Nn2c(C)nnc2N=[N+]=[N-])cc1. The minimum atomic E-state index is 0.121. The lowest BCUT2D eigenvalue weighted by Gasteiger charge is -2.20. The molecule has 0 unspecified atom stereocenters. The number of benzene rings is 1. The molecule has 0 aliphatic carbocycles. The van der Waals surface area contributed by atoms with Crippen molar-refractivity contribution < 1.29 is 0 Å². The van der Waals surface area contributed by atoms with Gasteiger partial charge in [-0.15, -0.1) is 10.2 Å². The largest absolute Gasteiger partial charge is 0.372 e. The molecule has 0 N–H and O–H groups in total. The Balaban J connectivity index is 2.20. The smallest absolute Gasteiger partial charge is 0.241 e. The highest BCUT2D eigenvalue weighted by Crippen LogP contribution is 2.15. The van der Waals surface area contributed by atoms with Crippen LogP contribution in [0, 0.1) is 6.92 Å². The Morgan fingerprint density at radius 2 is 1.91 bits per heavy atom. The molecule has 1 heterocycles. The van der Waals surface area contributed by atoms with Crippen LogP contribution in [0.4, 0.5) is 11.6 Å². The van der Waals surface area contributed by atoms with E-state index >= 15 is 0 Å². The van der Waals surface area contributed by atoms with Gasteiger partial charge in [0.25, 0.3) is 0 Å². The second kappa shape index (κ2) is 7.24. The van der Waals surface area contributed by atoms with Gasteiger partial charge in [0.15, 0.2) is 5.82 Å². The molecular formula is C14H18N8. The molecule has 22 heavy (non-hydrogen) atoms. The highest BCUT2D eigenvalue weighted by Gasteiger charge is 2.05. The molecule has 0 aliphatic heterocycles. The van der Waals surface area contributed by atoms with Crippen molar-refractivity contribution in [2.75, 3.05) is 18.0 Å². The zero-order valence-corrected chi connectivity index (χ0v) is 12.9. The van der Waals surface area contributed by atoms with E-state index in [1.165, 1.54) is 10.4 Å². The van der Waals surface area contributed by atoms with Gasteiger partial charge in [0, 0.05) is 23.7 Å². The number of nitrogens with zero attached hydrogens (tertiary/aromatic N) is 8. The molecule has 1 aromatic heterocycles. The van der Waals surface area contributed by atoms with E-state index in [-0.39, 0.29) is 5.95 Å². The second-order valence-corrected chi connectivity index (χ2v) is 4.56. The fourth-order valence-corrected chi connectivity index (χ4v) is 2.07. The molecule has 2 aromatic rings. The first-order chi connectivity index (χ1) is 10.7. The van der Waals surface area contributed by atoms with Gasteiger partial charge in [0.2, 0.25) is 5.95 Å². The van der Waals surface area contributed by atoms with Gasteiger partial charge in [0.05, 0.1) is 6.21 Å². The first-order valence-electron chi connectivity index (χ1n) is 7.06. The van der Waals surface area contributed by atoms with Gasteiger partial charge < -0.3 is 4.90 Å². The summed E-state index contributed by atoms with van der Waals surface area (Å²) in [5.41, 5.74) is 10.6. The number of rotatable bonds is 6. The molecule has 0 bridgehead atoms. The fraction of sp³-hybridized carbons (Fsp3) is 0.357. The number of aromatic nitrogens is 3. The molecule has 114 valence electrons. The summed E-state index contributed by atoms with van der Waals surface area (Å²) in [4.78, 5) is 4.98. The minimum Gasteiger partial charge on any atom is -0.372 e. The van der Waals surface area contributed by atoms with Crippen molar-refractivity contribution in [2.45, 2.75) is 20.8 Å². The lowest BCUT2D eigenvalue weighted by atomic mass is 10.2. The summed E-state index contributed by atoms with van der Waals surface area (Å²) in [6, 6.07) is 8.09. The van der Waals surface area contributed by atoms with Gasteiger partial charge in [0.1, 0.15) is 0 Å². The van der Waals surface area contributed by atoms with Crippen LogP contribution < -0.4 is 4.90 Å². The Kier molecular flexibility index (Phi) is 5.11. The molecule has 0 amide bonds. The lowest BCUT2D eigenvalue weighted by Crippen LogP contribution is -2.21. The van der Waals surface area contributed by atoms with E-state index in [4.69, 9.17) is 5.53 Å². The summed E-state index contributed by atoms with van der Waals surface area (Å²) < 4.78 is 1.40. The first-order valence-corrected chi connectivity index (χ1v) is 7.06. The van der Waals surface area contributed by atoms with Crippen LogP contribution >= 0.6 is 0 Å². The number of azide groups is 1. The quantitative estimate of drug-likeness (QED) is 0.354. The van der Waals surface area contributed by atoms with E-state index in [2.05, 4.69) is 56.2 Å². The van der Waals surface area contributed by atoms with E-state index < -0.39 is 0 Å². The molecule has 0 saturated carbocycles. The number of hydrogen-bond donors (Lipinski definition) is 0. The van der Waals surface area contributed by atoms with Crippen LogP contribution in [0.2, 0.25) is 0 Å². The summed E-state index contributed by atoms with van der Waals surface area (Å²) in [5, 5.41) is 15.3. The monoisotopic (exact) mass is 298 g/mol. The van der Waals surface area contributed by atoms with E-state index in [1.54, 1.807) is 13.1 Å². The average Bonchev–Trinajstić information content (AvgIpc) is 2.88.